The number of fused-ring (bicyclic) bond motifs is 4. The second kappa shape index (κ2) is 15.4. The minimum atomic E-state index is -1.62. The first-order valence-electron chi connectivity index (χ1n) is 20.8. The highest BCUT2D eigenvalue weighted by molar-refractivity contribution is 6.12. The van der Waals surface area contributed by atoms with Gasteiger partial charge in [-0.3, -0.25) is 19.3 Å². The number of rotatable bonds is 5. The van der Waals surface area contributed by atoms with Gasteiger partial charge in [-0.2, -0.15) is 0 Å². The molecule has 60 heavy (non-hydrogen) atoms. The molecule has 3 fully saturated rings. The number of hydrogen-bond acceptors (Lipinski definition) is 8. The summed E-state index contributed by atoms with van der Waals surface area (Å²) in [6, 6.07) is 37.1. The molecule has 4 aliphatic rings. The molecule has 2 N–H and O–H groups in total. The van der Waals surface area contributed by atoms with Crippen LogP contribution < -0.4 is 5.32 Å². The summed E-state index contributed by atoms with van der Waals surface area (Å²) < 4.78 is 8.32. The number of aromatic hydroxyl groups is 1. The molecule has 0 unspecified atom stereocenters. The second-order valence-corrected chi connectivity index (χ2v) is 16.2. The van der Waals surface area contributed by atoms with Crippen molar-refractivity contribution in [3.05, 3.63) is 155 Å². The lowest BCUT2D eigenvalue weighted by Crippen LogP contribution is -2.55. The van der Waals surface area contributed by atoms with Gasteiger partial charge in [0.25, 0.3) is 0 Å². The van der Waals surface area contributed by atoms with E-state index in [1.807, 2.05) is 108 Å². The van der Waals surface area contributed by atoms with Gasteiger partial charge in [0.15, 0.2) is 0 Å². The predicted octanol–water partition coefficient (Wildman–Crippen LogP) is 7.25. The first kappa shape index (κ1) is 37.5. The molecule has 10 rings (SSSR count). The summed E-state index contributed by atoms with van der Waals surface area (Å²) in [6.45, 7) is 1.35. The number of hydrogen-bond donors (Lipinski definition) is 2. The number of amides is 2. The number of phenolic OH excluding ortho intramolecular Hbond substituents is 1. The Hall–Kier alpha value is -6.77. The van der Waals surface area contributed by atoms with Gasteiger partial charge in [0.05, 0.1) is 23.5 Å². The molecule has 300 valence electrons. The summed E-state index contributed by atoms with van der Waals surface area (Å²) in [7, 11) is 0. The molecular weight excluding hydrogens is 753 g/mol. The minimum Gasteiger partial charge on any atom is -0.508 e. The lowest BCUT2D eigenvalue weighted by molar-refractivity contribution is -0.179. The Labute approximate surface area is 348 Å². The SMILES string of the molecule is O=C1O[C@@H](c2ccccc2)[C@@H](c2ccccc2)N2[C@@H](c3ccc(O)cc3)[C@]3(C(=O)Nc4ccc(C#CCn5nnc6ccccc65)cc43)[C@@H](C(=O)N3CCCCCCC3)[C@H]12. The van der Waals surface area contributed by atoms with Crippen LogP contribution in [0.1, 0.15) is 78.1 Å². The molecule has 11 heteroatoms. The van der Waals surface area contributed by atoms with Crippen LogP contribution in [0.2, 0.25) is 0 Å². The zero-order chi connectivity index (χ0) is 40.8. The molecule has 4 aliphatic heterocycles. The highest BCUT2D eigenvalue weighted by Gasteiger charge is 2.74. The van der Waals surface area contributed by atoms with Gasteiger partial charge >= 0.3 is 5.97 Å². The number of nitrogens with zero attached hydrogens (tertiary/aromatic N) is 5. The predicted molar refractivity (Wildman–Crippen MR) is 225 cm³/mol. The quantitative estimate of drug-likeness (QED) is 0.138. The number of likely N-dealkylation sites (tertiary alicyclic amines) is 1. The lowest BCUT2D eigenvalue weighted by Gasteiger charge is -2.46. The molecule has 1 aromatic heterocycles. The lowest BCUT2D eigenvalue weighted by atomic mass is 9.65. The van der Waals surface area contributed by atoms with Crippen LogP contribution in [0, 0.1) is 17.8 Å². The van der Waals surface area contributed by atoms with Crippen LogP contribution in [-0.2, 0) is 31.1 Å². The number of cyclic esters (lactones) is 1. The second-order valence-electron chi connectivity index (χ2n) is 16.2. The molecule has 5 aromatic carbocycles. The van der Waals surface area contributed by atoms with E-state index in [4.69, 9.17) is 4.74 Å². The number of morpholine rings is 1. The van der Waals surface area contributed by atoms with Crippen LogP contribution in [0.3, 0.4) is 0 Å². The fourth-order valence-corrected chi connectivity index (χ4v) is 10.2. The third-order valence-corrected chi connectivity index (χ3v) is 12.8. The molecule has 5 heterocycles. The topological polar surface area (TPSA) is 130 Å². The normalized spacial score (nSPS) is 25.1. The van der Waals surface area contributed by atoms with Crippen LogP contribution in [0.25, 0.3) is 11.0 Å². The van der Waals surface area contributed by atoms with Crippen molar-refractivity contribution in [1.82, 2.24) is 24.8 Å². The van der Waals surface area contributed by atoms with E-state index in [9.17, 15) is 5.11 Å². The number of ether oxygens (including phenoxy) is 1. The fourth-order valence-electron chi connectivity index (χ4n) is 10.2. The first-order chi connectivity index (χ1) is 29.4. The standard InChI is InChI=1S/C49H44N6O5/c56-36-25-23-35(24-26-36)45-49(37-31-32(22-27-38(37)50-48(49)59)15-14-30-54-40-21-11-10-20-39(40)51-52-54)41(46(57)53-28-12-2-1-3-13-29-53)43-47(58)60-44(34-18-8-5-9-19-34)42(55(43)45)33-16-6-4-7-17-33/h4-11,16-27,31,41-45,56H,1-3,12-13,28-30H2,(H,50,59)/t41-,42-,43-,44+,45+,49-/m1/s1. The van der Waals surface area contributed by atoms with Gasteiger partial charge in [0.2, 0.25) is 11.8 Å². The van der Waals surface area contributed by atoms with Gasteiger partial charge in [-0.1, -0.05) is 121 Å². The van der Waals surface area contributed by atoms with Crippen molar-refractivity contribution in [3.8, 4) is 17.6 Å². The van der Waals surface area contributed by atoms with Crippen molar-refractivity contribution in [2.75, 3.05) is 18.4 Å². The monoisotopic (exact) mass is 796 g/mol. The van der Waals surface area contributed by atoms with Crippen LogP contribution in [-0.4, -0.2) is 66.8 Å². The van der Waals surface area contributed by atoms with Crippen LogP contribution in [0.5, 0.6) is 5.75 Å². The summed E-state index contributed by atoms with van der Waals surface area (Å²) in [5, 5.41) is 22.4. The van der Waals surface area contributed by atoms with E-state index in [1.54, 1.807) is 28.9 Å². The summed E-state index contributed by atoms with van der Waals surface area (Å²) in [4.78, 5) is 50.3. The van der Waals surface area contributed by atoms with E-state index >= 15 is 14.4 Å². The number of benzene rings is 5. The third-order valence-electron chi connectivity index (χ3n) is 12.8. The van der Waals surface area contributed by atoms with Gasteiger partial charge in [0, 0.05) is 24.3 Å². The molecular formula is C49H44N6O5. The fraction of sp³-hybridized carbons (Fsp3) is 0.286. The number of esters is 1. The van der Waals surface area contributed by atoms with E-state index in [0.29, 0.717) is 35.5 Å². The maximum atomic E-state index is 15.7. The number of anilines is 1. The van der Waals surface area contributed by atoms with Crippen LogP contribution in [0.15, 0.2) is 127 Å². The molecule has 3 saturated heterocycles. The molecule has 1 spiro atoms. The number of nitrogens with one attached hydrogen (secondary N) is 1. The van der Waals surface area contributed by atoms with Crippen molar-refractivity contribution in [2.24, 2.45) is 5.92 Å². The Morgan fingerprint density at radius 2 is 1.47 bits per heavy atom. The maximum absolute atomic E-state index is 15.7. The summed E-state index contributed by atoms with van der Waals surface area (Å²) in [5.41, 5.74) is 4.18. The van der Waals surface area contributed by atoms with Crippen molar-refractivity contribution in [3.63, 3.8) is 0 Å². The van der Waals surface area contributed by atoms with E-state index < -0.39 is 41.5 Å². The third kappa shape index (κ3) is 6.21. The number of aromatic nitrogens is 3. The highest BCUT2D eigenvalue weighted by Crippen LogP contribution is 2.65. The Kier molecular flexibility index (Phi) is 9.65. The van der Waals surface area contributed by atoms with Crippen molar-refractivity contribution >= 4 is 34.5 Å². The minimum absolute atomic E-state index is 0.0597. The summed E-state index contributed by atoms with van der Waals surface area (Å²) in [5.74, 6) is 4.28. The Bertz CT molecular complexity index is 2650. The summed E-state index contributed by atoms with van der Waals surface area (Å²) in [6.07, 6.45) is 4.00. The van der Waals surface area contributed by atoms with E-state index in [1.165, 1.54) is 0 Å². The Balaban J connectivity index is 1.20. The number of para-hydroxylation sites is 1. The van der Waals surface area contributed by atoms with Gasteiger partial charge in [-0.25, -0.2) is 4.68 Å². The smallest absolute Gasteiger partial charge is 0.324 e. The molecule has 6 atom stereocenters. The van der Waals surface area contributed by atoms with Gasteiger partial charge < -0.3 is 20.1 Å². The van der Waals surface area contributed by atoms with Crippen LogP contribution in [0.4, 0.5) is 5.69 Å². The van der Waals surface area contributed by atoms with Crippen molar-refractivity contribution < 1.29 is 24.2 Å². The largest absolute Gasteiger partial charge is 0.508 e. The van der Waals surface area contributed by atoms with Gasteiger partial charge in [0.1, 0.15) is 35.4 Å². The van der Waals surface area contributed by atoms with E-state index in [2.05, 4.69) is 32.4 Å². The number of carbonyl (C=O) groups excluding carboxylic acids is 3. The van der Waals surface area contributed by atoms with Crippen molar-refractivity contribution in [2.45, 2.75) is 68.3 Å². The molecule has 0 bridgehead atoms. The molecule has 2 amide bonds. The molecule has 0 aliphatic carbocycles. The highest BCUT2D eigenvalue weighted by atomic mass is 16.6. The van der Waals surface area contributed by atoms with E-state index in [-0.39, 0.29) is 24.1 Å². The maximum Gasteiger partial charge on any atom is 0.324 e. The summed E-state index contributed by atoms with van der Waals surface area (Å²) >= 11 is 0. The average molecular weight is 797 g/mol. The Morgan fingerprint density at radius 1 is 0.783 bits per heavy atom. The zero-order valence-corrected chi connectivity index (χ0v) is 33.0. The molecule has 11 nitrogen and oxygen atoms in total. The molecule has 6 aromatic rings. The van der Waals surface area contributed by atoms with Crippen LogP contribution >= 0.6 is 0 Å². The molecule has 0 radical (unpaired) electrons. The Morgan fingerprint density at radius 3 is 2.22 bits per heavy atom. The first-order valence-corrected chi connectivity index (χ1v) is 20.8. The zero-order valence-electron chi connectivity index (χ0n) is 33.0. The van der Waals surface area contributed by atoms with Crippen molar-refractivity contribution in [1.29, 1.82) is 0 Å². The van der Waals surface area contributed by atoms with Gasteiger partial charge in [-0.05, 0) is 77.6 Å². The average Bonchev–Trinajstić information content (AvgIpc) is 3.91. The molecule has 0 saturated carbocycles. The van der Waals surface area contributed by atoms with E-state index in [0.717, 1.165) is 54.3 Å². The van der Waals surface area contributed by atoms with Gasteiger partial charge in [-0.15, -0.1) is 5.10 Å². The number of carbonyl (C=O) groups is 3. The number of phenols is 1.